The molecule has 2 N–H and O–H groups in total. The molecule has 106 valence electrons. The molecule has 4 heteroatoms. The van der Waals surface area contributed by atoms with Crippen molar-refractivity contribution < 1.29 is 9.21 Å². The third kappa shape index (κ3) is 3.96. The van der Waals surface area contributed by atoms with Crippen LogP contribution in [-0.2, 0) is 11.3 Å². The standard InChI is InChI=1S/C16H20N2O2/c1-11-4-9-16(20-11)12(2)17-10-14-5-7-15(8-6-14)18-13(3)19/h4-9,12,17H,10H2,1-3H3,(H,18,19)/t12-/m0/s1. The summed E-state index contributed by atoms with van der Waals surface area (Å²) in [6.07, 6.45) is 0. The highest BCUT2D eigenvalue weighted by molar-refractivity contribution is 5.88. The van der Waals surface area contributed by atoms with Crippen molar-refractivity contribution in [1.29, 1.82) is 0 Å². The number of benzene rings is 1. The van der Waals surface area contributed by atoms with Crippen molar-refractivity contribution in [2.45, 2.75) is 33.4 Å². The van der Waals surface area contributed by atoms with Gasteiger partial charge in [-0.1, -0.05) is 12.1 Å². The minimum atomic E-state index is -0.0577. The van der Waals surface area contributed by atoms with Crippen molar-refractivity contribution in [2.24, 2.45) is 0 Å². The molecule has 0 aliphatic rings. The molecule has 4 nitrogen and oxygen atoms in total. The van der Waals surface area contributed by atoms with E-state index in [1.54, 1.807) is 0 Å². The van der Waals surface area contributed by atoms with E-state index in [0.29, 0.717) is 0 Å². The number of aryl methyl sites for hydroxylation is 1. The molecule has 0 unspecified atom stereocenters. The van der Waals surface area contributed by atoms with E-state index < -0.39 is 0 Å². The Labute approximate surface area is 119 Å². The van der Waals surface area contributed by atoms with Gasteiger partial charge in [0.2, 0.25) is 5.91 Å². The topological polar surface area (TPSA) is 54.3 Å². The maximum atomic E-state index is 10.9. The number of nitrogens with one attached hydrogen (secondary N) is 2. The Kier molecular flexibility index (Phi) is 4.58. The molecule has 0 radical (unpaired) electrons. The second-order valence-corrected chi connectivity index (χ2v) is 4.93. The van der Waals surface area contributed by atoms with Gasteiger partial charge in [-0.15, -0.1) is 0 Å². The number of furan rings is 1. The van der Waals surface area contributed by atoms with Gasteiger partial charge in [0, 0.05) is 19.2 Å². The molecule has 0 aliphatic heterocycles. The van der Waals surface area contributed by atoms with E-state index in [-0.39, 0.29) is 11.9 Å². The predicted molar refractivity (Wildman–Crippen MR) is 79.4 cm³/mol. The quantitative estimate of drug-likeness (QED) is 0.877. The Morgan fingerprint density at radius 3 is 2.45 bits per heavy atom. The number of rotatable bonds is 5. The summed E-state index contributed by atoms with van der Waals surface area (Å²) in [6, 6.07) is 11.9. The average molecular weight is 272 g/mol. The fraction of sp³-hybridized carbons (Fsp3) is 0.312. The van der Waals surface area contributed by atoms with E-state index in [0.717, 1.165) is 29.3 Å². The summed E-state index contributed by atoms with van der Waals surface area (Å²) in [4.78, 5) is 10.9. The first-order chi connectivity index (χ1) is 9.54. The lowest BCUT2D eigenvalue weighted by Gasteiger charge is -2.12. The van der Waals surface area contributed by atoms with Gasteiger partial charge in [0.05, 0.1) is 6.04 Å². The summed E-state index contributed by atoms with van der Waals surface area (Å²) in [7, 11) is 0. The Morgan fingerprint density at radius 2 is 1.90 bits per heavy atom. The highest BCUT2D eigenvalue weighted by Crippen LogP contribution is 2.16. The van der Waals surface area contributed by atoms with Gasteiger partial charge in [-0.05, 0) is 43.7 Å². The third-order valence-electron chi connectivity index (χ3n) is 3.07. The van der Waals surface area contributed by atoms with E-state index in [9.17, 15) is 4.79 Å². The molecule has 1 amide bonds. The molecule has 0 saturated heterocycles. The molecule has 20 heavy (non-hydrogen) atoms. The molecular formula is C16H20N2O2. The zero-order valence-corrected chi connectivity index (χ0v) is 12.1. The van der Waals surface area contributed by atoms with Gasteiger partial charge < -0.3 is 15.1 Å². The first-order valence-corrected chi connectivity index (χ1v) is 6.71. The van der Waals surface area contributed by atoms with Crippen molar-refractivity contribution in [3.05, 3.63) is 53.5 Å². The van der Waals surface area contributed by atoms with Crippen LogP contribution in [0, 0.1) is 6.92 Å². The molecule has 0 spiro atoms. The van der Waals surface area contributed by atoms with Crippen molar-refractivity contribution in [1.82, 2.24) is 5.32 Å². The minimum Gasteiger partial charge on any atom is -0.465 e. The van der Waals surface area contributed by atoms with Gasteiger partial charge in [-0.3, -0.25) is 4.79 Å². The maximum absolute atomic E-state index is 10.9. The van der Waals surface area contributed by atoms with Gasteiger partial charge in [-0.2, -0.15) is 0 Å². The summed E-state index contributed by atoms with van der Waals surface area (Å²) in [6.45, 7) is 6.27. The summed E-state index contributed by atoms with van der Waals surface area (Å²) >= 11 is 0. The number of carbonyl (C=O) groups excluding carboxylic acids is 1. The molecule has 1 atom stereocenters. The molecule has 1 aromatic carbocycles. The SMILES string of the molecule is CC(=O)Nc1ccc(CN[C@@H](C)c2ccc(C)o2)cc1. The van der Waals surface area contributed by atoms with Gasteiger partial charge in [0.1, 0.15) is 11.5 Å². The van der Waals surface area contributed by atoms with Crippen LogP contribution < -0.4 is 10.6 Å². The minimum absolute atomic E-state index is 0.0577. The lowest BCUT2D eigenvalue weighted by atomic mass is 10.2. The van der Waals surface area contributed by atoms with Crippen molar-refractivity contribution >= 4 is 11.6 Å². The molecule has 0 saturated carbocycles. The van der Waals surface area contributed by atoms with Gasteiger partial charge >= 0.3 is 0 Å². The smallest absolute Gasteiger partial charge is 0.221 e. The lowest BCUT2D eigenvalue weighted by Crippen LogP contribution is -2.17. The highest BCUT2D eigenvalue weighted by atomic mass is 16.3. The Hall–Kier alpha value is -2.07. The fourth-order valence-electron chi connectivity index (χ4n) is 1.97. The molecule has 0 fully saturated rings. The van der Waals surface area contributed by atoms with E-state index in [1.165, 1.54) is 6.92 Å². The van der Waals surface area contributed by atoms with Gasteiger partial charge in [0.25, 0.3) is 0 Å². The second kappa shape index (κ2) is 6.39. The first-order valence-electron chi connectivity index (χ1n) is 6.71. The first kappa shape index (κ1) is 14.3. The highest BCUT2D eigenvalue weighted by Gasteiger charge is 2.08. The average Bonchev–Trinajstić information content (AvgIpc) is 2.84. The van der Waals surface area contributed by atoms with Crippen LogP contribution >= 0.6 is 0 Å². The van der Waals surface area contributed by atoms with E-state index in [4.69, 9.17) is 4.42 Å². The zero-order valence-electron chi connectivity index (χ0n) is 12.1. The normalized spacial score (nSPS) is 12.2. The Morgan fingerprint density at radius 1 is 1.20 bits per heavy atom. The molecule has 2 aromatic rings. The summed E-state index contributed by atoms with van der Waals surface area (Å²) in [5.41, 5.74) is 1.98. The summed E-state index contributed by atoms with van der Waals surface area (Å²) in [5.74, 6) is 1.81. The van der Waals surface area contributed by atoms with Crippen LogP contribution in [0.4, 0.5) is 5.69 Å². The monoisotopic (exact) mass is 272 g/mol. The van der Waals surface area contributed by atoms with Crippen LogP contribution in [0.15, 0.2) is 40.8 Å². The van der Waals surface area contributed by atoms with E-state index in [2.05, 4.69) is 17.6 Å². The van der Waals surface area contributed by atoms with Crippen molar-refractivity contribution in [3.63, 3.8) is 0 Å². The van der Waals surface area contributed by atoms with Crippen LogP contribution in [-0.4, -0.2) is 5.91 Å². The van der Waals surface area contributed by atoms with Crippen LogP contribution in [0.25, 0.3) is 0 Å². The molecule has 1 aromatic heterocycles. The number of anilines is 1. The predicted octanol–water partition coefficient (Wildman–Crippen LogP) is 3.40. The number of amides is 1. The number of hydrogen-bond acceptors (Lipinski definition) is 3. The fourth-order valence-corrected chi connectivity index (χ4v) is 1.97. The van der Waals surface area contributed by atoms with E-state index >= 15 is 0 Å². The van der Waals surface area contributed by atoms with Crippen molar-refractivity contribution in [3.8, 4) is 0 Å². The molecule has 2 rings (SSSR count). The van der Waals surface area contributed by atoms with Gasteiger partial charge in [-0.25, -0.2) is 0 Å². The largest absolute Gasteiger partial charge is 0.465 e. The second-order valence-electron chi connectivity index (χ2n) is 4.93. The van der Waals surface area contributed by atoms with Crippen LogP contribution in [0.2, 0.25) is 0 Å². The van der Waals surface area contributed by atoms with Crippen LogP contribution in [0.3, 0.4) is 0 Å². The van der Waals surface area contributed by atoms with Crippen LogP contribution in [0.5, 0.6) is 0 Å². The zero-order chi connectivity index (χ0) is 14.5. The summed E-state index contributed by atoms with van der Waals surface area (Å²) < 4.78 is 5.59. The van der Waals surface area contributed by atoms with Crippen LogP contribution in [0.1, 0.15) is 37.0 Å². The Balaban J connectivity index is 1.89. The lowest BCUT2D eigenvalue weighted by molar-refractivity contribution is -0.114. The molecule has 0 bridgehead atoms. The van der Waals surface area contributed by atoms with E-state index in [1.807, 2.05) is 43.3 Å². The third-order valence-corrected chi connectivity index (χ3v) is 3.07. The maximum Gasteiger partial charge on any atom is 0.221 e. The molecule has 1 heterocycles. The molecule has 0 aliphatic carbocycles. The summed E-state index contributed by atoms with van der Waals surface area (Å²) in [5, 5.41) is 6.16. The number of hydrogen-bond donors (Lipinski definition) is 2. The van der Waals surface area contributed by atoms with Crippen molar-refractivity contribution in [2.75, 3.05) is 5.32 Å². The molecular weight excluding hydrogens is 252 g/mol. The van der Waals surface area contributed by atoms with Gasteiger partial charge in [0.15, 0.2) is 0 Å². The Bertz CT molecular complexity index is 572. The number of carbonyl (C=O) groups is 1.